The van der Waals surface area contributed by atoms with E-state index in [4.69, 9.17) is 14.0 Å². The number of nitrogens with one attached hydrogen (secondary N) is 1. The molecule has 10 nitrogen and oxygen atoms in total. The molecule has 0 aliphatic carbocycles. The third-order valence-electron chi connectivity index (χ3n) is 8.98. The van der Waals surface area contributed by atoms with E-state index >= 15 is 0 Å². The van der Waals surface area contributed by atoms with Gasteiger partial charge >= 0.3 is 0 Å². The zero-order valence-electron chi connectivity index (χ0n) is 27.4. The van der Waals surface area contributed by atoms with Crippen molar-refractivity contribution >= 4 is 0 Å². The number of piperidine rings is 1. The van der Waals surface area contributed by atoms with Crippen LogP contribution in [0.3, 0.4) is 0 Å². The summed E-state index contributed by atoms with van der Waals surface area (Å²) in [5.41, 5.74) is -1.75. The summed E-state index contributed by atoms with van der Waals surface area (Å²) in [7, 11) is 1.85. The molecule has 0 saturated carbocycles. The number of alkyl halides is 1. The number of hydrogen-bond donors (Lipinski definition) is 1. The topological polar surface area (TPSA) is 122 Å². The Morgan fingerprint density at radius 3 is 2.39 bits per heavy atom. The number of nitriles is 1. The van der Waals surface area contributed by atoms with Crippen LogP contribution in [0.25, 0.3) is 11.6 Å². The molecule has 1 N–H and O–H groups in total. The van der Waals surface area contributed by atoms with Crippen LogP contribution in [0.4, 0.5) is 13.2 Å². The third kappa shape index (κ3) is 7.13. The van der Waals surface area contributed by atoms with Crippen LogP contribution in [0.1, 0.15) is 72.3 Å². The molecule has 2 aliphatic rings. The Bertz CT molecular complexity index is 1550. The molecule has 13 heteroatoms. The van der Waals surface area contributed by atoms with Gasteiger partial charge in [-0.25, -0.2) is 13.2 Å². The van der Waals surface area contributed by atoms with Gasteiger partial charge in [-0.15, -0.1) is 0 Å². The highest BCUT2D eigenvalue weighted by molar-refractivity contribution is 5.46. The van der Waals surface area contributed by atoms with Crippen LogP contribution in [0.15, 0.2) is 28.8 Å². The number of hydrogen-bond acceptors (Lipinski definition) is 10. The number of ether oxygens (including phenoxy) is 2. The Balaban J connectivity index is 1.46. The molecule has 3 aromatic rings. The summed E-state index contributed by atoms with van der Waals surface area (Å²) in [4.78, 5) is 15.5. The average Bonchev–Trinajstić information content (AvgIpc) is 3.59. The van der Waals surface area contributed by atoms with Crippen LogP contribution < -0.4 is 14.8 Å². The molecule has 5 rings (SSSR count). The maximum absolute atomic E-state index is 14.7. The van der Waals surface area contributed by atoms with Crippen molar-refractivity contribution in [1.29, 1.82) is 5.26 Å². The van der Waals surface area contributed by atoms with Gasteiger partial charge < -0.3 is 19.3 Å². The molecular formula is C33H42F3N7O3. The van der Waals surface area contributed by atoms with Gasteiger partial charge in [0.15, 0.2) is 0 Å². The average molecular weight is 642 g/mol. The fraction of sp³-hybridized carbons (Fsp3) is 0.606. The zero-order chi connectivity index (χ0) is 33.4. The van der Waals surface area contributed by atoms with Crippen molar-refractivity contribution in [2.45, 2.75) is 96.7 Å². The highest BCUT2D eigenvalue weighted by Gasteiger charge is 2.38. The van der Waals surface area contributed by atoms with E-state index in [9.17, 15) is 18.4 Å². The van der Waals surface area contributed by atoms with E-state index < -0.39 is 29.3 Å². The van der Waals surface area contributed by atoms with Crippen LogP contribution in [0, 0.1) is 34.3 Å². The van der Waals surface area contributed by atoms with Gasteiger partial charge in [0.25, 0.3) is 0 Å². The summed E-state index contributed by atoms with van der Waals surface area (Å²) < 4.78 is 61.7. The molecule has 2 saturated heterocycles. The summed E-state index contributed by atoms with van der Waals surface area (Å²) in [6, 6.07) is 7.41. The highest BCUT2D eigenvalue weighted by Crippen LogP contribution is 2.36. The Morgan fingerprint density at radius 2 is 1.76 bits per heavy atom. The lowest BCUT2D eigenvalue weighted by Gasteiger charge is -2.38. The van der Waals surface area contributed by atoms with Gasteiger partial charge in [0, 0.05) is 30.6 Å². The maximum Gasteiger partial charge on any atom is 0.240 e. The number of likely N-dealkylation sites (N-methyl/N-ethyl adjacent to an activating group) is 1. The number of nitrogens with zero attached hydrogens (tertiary/aromatic N) is 6. The van der Waals surface area contributed by atoms with E-state index in [0.717, 1.165) is 0 Å². The molecule has 2 aliphatic heterocycles. The summed E-state index contributed by atoms with van der Waals surface area (Å²) in [6.07, 6.45) is -0.0183. The largest absolute Gasteiger partial charge is 0.474 e. The van der Waals surface area contributed by atoms with Crippen molar-refractivity contribution in [2.75, 3.05) is 20.1 Å². The standard InChI is InChI=1S/C33H42F3N7O3/c1-18(25-13-19(34)17-43(25)7)44-26-15-27(45-20-11-12-38-24(14-20)21(16-37)32(2,3)4)40-29(39-26)30-41-31(46-42-30)33(5,6)28-22(35)9-8-10-23(28)36/h8-10,15,18-21,24-25,38H,11-14,17H2,1-7H3/t18-,19+,20-,21?,24+,25-/m0/s1. The number of halogens is 3. The minimum Gasteiger partial charge on any atom is -0.474 e. The first kappa shape index (κ1) is 33.6. The minimum atomic E-state index is -1.31. The van der Waals surface area contributed by atoms with Gasteiger partial charge in [-0.3, -0.25) is 4.90 Å². The molecule has 46 heavy (non-hydrogen) atoms. The molecule has 0 amide bonds. The van der Waals surface area contributed by atoms with Gasteiger partial charge in [-0.1, -0.05) is 32.0 Å². The summed E-state index contributed by atoms with van der Waals surface area (Å²) in [5.74, 6) is -1.37. The lowest BCUT2D eigenvalue weighted by Crippen LogP contribution is -2.49. The van der Waals surface area contributed by atoms with E-state index in [1.165, 1.54) is 18.2 Å². The molecule has 2 aromatic heterocycles. The van der Waals surface area contributed by atoms with E-state index in [-0.39, 0.29) is 64.4 Å². The van der Waals surface area contributed by atoms with Crippen molar-refractivity contribution in [3.63, 3.8) is 0 Å². The first-order valence-corrected chi connectivity index (χ1v) is 15.7. The normalized spacial score (nSPS) is 23.9. The number of aromatic nitrogens is 4. The molecule has 6 atom stereocenters. The second-order valence-corrected chi connectivity index (χ2v) is 14.0. The van der Waals surface area contributed by atoms with Crippen LogP contribution in [-0.4, -0.2) is 75.6 Å². The van der Waals surface area contributed by atoms with Crippen LogP contribution in [0.5, 0.6) is 11.8 Å². The monoisotopic (exact) mass is 641 g/mol. The number of likely N-dealkylation sites (tertiary alicyclic amines) is 1. The molecule has 2 fully saturated rings. The molecule has 1 aromatic carbocycles. The summed E-state index contributed by atoms with van der Waals surface area (Å²) >= 11 is 0. The second-order valence-electron chi connectivity index (χ2n) is 14.0. The van der Waals surface area contributed by atoms with Crippen molar-refractivity contribution in [3.05, 3.63) is 47.4 Å². The van der Waals surface area contributed by atoms with E-state index in [0.29, 0.717) is 32.4 Å². The first-order valence-electron chi connectivity index (χ1n) is 15.7. The predicted octanol–water partition coefficient (Wildman–Crippen LogP) is 5.63. The molecule has 248 valence electrons. The van der Waals surface area contributed by atoms with Crippen molar-refractivity contribution < 1.29 is 27.2 Å². The van der Waals surface area contributed by atoms with Crippen LogP contribution in [0.2, 0.25) is 0 Å². The zero-order valence-corrected chi connectivity index (χ0v) is 27.4. The van der Waals surface area contributed by atoms with Gasteiger partial charge in [0.05, 0.1) is 23.5 Å². The first-order chi connectivity index (χ1) is 21.7. The fourth-order valence-electron chi connectivity index (χ4n) is 6.51. The van der Waals surface area contributed by atoms with Gasteiger partial charge in [-0.05, 0) is 64.8 Å². The van der Waals surface area contributed by atoms with E-state index in [1.54, 1.807) is 19.9 Å². The number of rotatable bonds is 9. The Labute approximate surface area is 267 Å². The van der Waals surface area contributed by atoms with Gasteiger partial charge in [0.2, 0.25) is 29.3 Å². The quantitative estimate of drug-likeness (QED) is 0.315. The van der Waals surface area contributed by atoms with Crippen molar-refractivity contribution in [3.8, 4) is 29.5 Å². The molecule has 0 bridgehead atoms. The SMILES string of the molecule is C[C@H](Oc1cc(O[C@H]2CCN[C@@H](C(C#N)C(C)(C)C)C2)nc(-c2noc(C(C)(C)c3c(F)cccc3F)n2)n1)[C@@H]1C[C@@H](F)CN1C. The molecular weight excluding hydrogens is 599 g/mol. The van der Waals surface area contributed by atoms with Gasteiger partial charge in [0.1, 0.15) is 30.0 Å². The van der Waals surface area contributed by atoms with Crippen molar-refractivity contribution in [2.24, 2.45) is 11.3 Å². The van der Waals surface area contributed by atoms with E-state index in [2.05, 4.69) is 31.5 Å². The molecule has 0 radical (unpaired) electrons. The molecule has 4 heterocycles. The third-order valence-corrected chi connectivity index (χ3v) is 8.98. The van der Waals surface area contributed by atoms with Gasteiger partial charge in [-0.2, -0.15) is 20.2 Å². The Kier molecular flexibility index (Phi) is 9.61. The summed E-state index contributed by atoms with van der Waals surface area (Å²) in [5, 5.41) is 17.4. The maximum atomic E-state index is 14.7. The minimum absolute atomic E-state index is 0.0231. The lowest BCUT2D eigenvalue weighted by molar-refractivity contribution is 0.0990. The fourth-order valence-corrected chi connectivity index (χ4v) is 6.51. The summed E-state index contributed by atoms with van der Waals surface area (Å²) in [6.45, 7) is 12.1. The number of benzene rings is 1. The van der Waals surface area contributed by atoms with E-state index in [1.807, 2.05) is 39.6 Å². The highest BCUT2D eigenvalue weighted by atomic mass is 19.1. The van der Waals surface area contributed by atoms with Crippen LogP contribution >= 0.6 is 0 Å². The van der Waals surface area contributed by atoms with Crippen molar-refractivity contribution in [1.82, 2.24) is 30.3 Å². The predicted molar refractivity (Wildman–Crippen MR) is 164 cm³/mol. The Morgan fingerprint density at radius 1 is 1.07 bits per heavy atom. The molecule has 0 spiro atoms. The molecule has 1 unspecified atom stereocenters. The second kappa shape index (κ2) is 13.2. The smallest absolute Gasteiger partial charge is 0.240 e. The van der Waals surface area contributed by atoms with Crippen LogP contribution in [-0.2, 0) is 5.41 Å². The Hall–Kier alpha value is -3.76. The lowest BCUT2D eigenvalue weighted by atomic mass is 9.74.